The third kappa shape index (κ3) is 19.5. The van der Waals surface area contributed by atoms with E-state index in [4.69, 9.17) is 0 Å². The molecular formula is C65H95Cl3SiTi. The average molecular weight is 1060 g/mol. The summed E-state index contributed by atoms with van der Waals surface area (Å²) in [6, 6.07) is 36.1. The summed E-state index contributed by atoms with van der Waals surface area (Å²) >= 11 is 2.68. The van der Waals surface area contributed by atoms with Crippen LogP contribution in [0, 0.1) is 0 Å². The fourth-order valence-electron chi connectivity index (χ4n) is 11.2. The molecule has 0 nitrogen and oxygen atoms in total. The molecule has 0 amide bonds. The smallest absolute Gasteiger partial charge is 1.00 e. The summed E-state index contributed by atoms with van der Waals surface area (Å²) in [4.78, 5) is 0. The van der Waals surface area contributed by atoms with E-state index in [2.05, 4.69) is 165 Å². The second-order valence-corrected chi connectivity index (χ2v) is 27.0. The van der Waals surface area contributed by atoms with Crippen LogP contribution < -0.4 is 52.8 Å². The second kappa shape index (κ2) is 36.2. The molecule has 0 aromatic heterocycles. The Hall–Kier alpha value is -1.84. The average Bonchev–Trinajstić information content (AvgIpc) is 3.75. The van der Waals surface area contributed by atoms with Crippen molar-refractivity contribution in [2.45, 2.75) is 238 Å². The zero-order chi connectivity index (χ0) is 47.6. The first-order valence-electron chi connectivity index (χ1n) is 28.5. The summed E-state index contributed by atoms with van der Waals surface area (Å²) < 4.78 is -0.195. The zero-order valence-electron chi connectivity index (χ0n) is 45.2. The van der Waals surface area contributed by atoms with Crippen molar-refractivity contribution in [1.82, 2.24) is 0 Å². The third-order valence-electron chi connectivity index (χ3n) is 15.0. The zero-order valence-corrected chi connectivity index (χ0v) is 50.0. The monoisotopic (exact) mass is 1060 g/mol. The van der Waals surface area contributed by atoms with Crippen molar-refractivity contribution in [1.29, 1.82) is 0 Å². The van der Waals surface area contributed by atoms with Gasteiger partial charge in [0.15, 0.2) is 0 Å². The van der Waals surface area contributed by atoms with Crippen LogP contribution in [0.5, 0.6) is 0 Å². The Kier molecular flexibility index (Phi) is 33.2. The van der Waals surface area contributed by atoms with Gasteiger partial charge in [0.25, 0.3) is 0 Å². The molecule has 0 bridgehead atoms. The quantitative estimate of drug-likeness (QED) is 0.0246. The molecule has 1 atom stereocenters. The van der Waals surface area contributed by atoms with Crippen LogP contribution >= 0.6 is 0 Å². The van der Waals surface area contributed by atoms with E-state index in [0.29, 0.717) is 0 Å². The molecule has 70 heavy (non-hydrogen) atoms. The molecule has 5 heteroatoms. The molecule has 1 aliphatic rings. The number of benzene rings is 4. The third-order valence-corrected chi connectivity index (χ3v) is 22.3. The Balaban J connectivity index is 0.00000560. The van der Waals surface area contributed by atoms with Gasteiger partial charge in [0.05, 0.1) is 0 Å². The minimum atomic E-state index is -2.97. The molecule has 4 aromatic rings. The van der Waals surface area contributed by atoms with Crippen molar-refractivity contribution in [2.75, 3.05) is 0 Å². The van der Waals surface area contributed by atoms with Gasteiger partial charge in [0.2, 0.25) is 0 Å². The minimum absolute atomic E-state index is 0. The molecule has 1 aliphatic carbocycles. The number of rotatable bonds is 35. The van der Waals surface area contributed by atoms with E-state index in [-0.39, 0.29) is 40.6 Å². The number of hydrogen-bond acceptors (Lipinski definition) is 0. The number of unbranched alkanes of at least 4 members (excludes halogenated alkanes) is 18. The van der Waals surface area contributed by atoms with Crippen LogP contribution in [0.3, 0.4) is 0 Å². The van der Waals surface area contributed by atoms with Gasteiger partial charge < -0.3 is 37.2 Å². The van der Waals surface area contributed by atoms with Crippen LogP contribution in [0.2, 0.25) is 3.34 Å². The van der Waals surface area contributed by atoms with Crippen molar-refractivity contribution in [3.63, 3.8) is 0 Å². The van der Waals surface area contributed by atoms with Crippen molar-refractivity contribution < 1.29 is 57.7 Å². The molecule has 384 valence electrons. The summed E-state index contributed by atoms with van der Waals surface area (Å²) in [5, 5.41) is 4.97. The topological polar surface area (TPSA) is 0 Å². The molecular weight excluding hydrogens is 963 g/mol. The summed E-state index contributed by atoms with van der Waals surface area (Å²) in [6.07, 6.45) is 46.3. The molecule has 0 heterocycles. The fourth-order valence-corrected chi connectivity index (χ4v) is 19.1. The van der Waals surface area contributed by atoms with E-state index in [9.17, 15) is 0 Å². The largest absolute Gasteiger partial charge is 1.00 e. The predicted octanol–water partition coefficient (Wildman–Crippen LogP) is 8.80. The van der Waals surface area contributed by atoms with E-state index < -0.39 is 8.07 Å². The number of aryl methyl sites for hydroxylation is 6. The van der Waals surface area contributed by atoms with Crippen molar-refractivity contribution >= 4 is 29.2 Å². The maximum Gasteiger partial charge on any atom is -1.00 e. The molecule has 1 unspecified atom stereocenters. The van der Waals surface area contributed by atoms with Gasteiger partial charge in [0.1, 0.15) is 0 Å². The van der Waals surface area contributed by atoms with E-state index in [1.54, 1.807) is 48.9 Å². The van der Waals surface area contributed by atoms with Gasteiger partial charge in [-0.2, -0.15) is 0 Å². The predicted molar refractivity (Wildman–Crippen MR) is 297 cm³/mol. The summed E-state index contributed by atoms with van der Waals surface area (Å²) in [5.74, 6) is 0. The van der Waals surface area contributed by atoms with Crippen LogP contribution in [-0.2, 0) is 59.0 Å². The summed E-state index contributed by atoms with van der Waals surface area (Å²) in [5.41, 5.74) is 12.2. The van der Waals surface area contributed by atoms with Gasteiger partial charge in [-0.15, -0.1) is 0 Å². The summed E-state index contributed by atoms with van der Waals surface area (Å²) in [7, 11) is -2.97. The Bertz CT molecular complexity index is 1810. The first-order chi connectivity index (χ1) is 32.8. The first-order valence-corrected chi connectivity index (χ1v) is 31.2. The Labute approximate surface area is 463 Å². The number of allylic oxidation sites excluding steroid dienone is 4. The molecule has 0 N–H and O–H groups in total. The van der Waals surface area contributed by atoms with E-state index in [0.717, 1.165) is 0 Å². The normalized spacial score (nSPS) is 14.3. The maximum absolute atomic E-state index is 2.97. The Morgan fingerprint density at radius 1 is 0.357 bits per heavy atom. The summed E-state index contributed by atoms with van der Waals surface area (Å²) in [6.45, 7) is 14.1. The van der Waals surface area contributed by atoms with Gasteiger partial charge in [0, 0.05) is 0 Å². The molecule has 0 spiro atoms. The molecule has 4 aromatic carbocycles. The van der Waals surface area contributed by atoms with Crippen LogP contribution in [-0.4, -0.2) is 8.07 Å². The van der Waals surface area contributed by atoms with Crippen molar-refractivity contribution in [3.8, 4) is 0 Å². The van der Waals surface area contributed by atoms with Crippen molar-refractivity contribution in [3.05, 3.63) is 142 Å². The number of halogens is 3. The van der Waals surface area contributed by atoms with Crippen LogP contribution in [0.15, 0.2) is 103 Å². The standard InChI is InChI=1S/C65H95Si.3ClH.Ti/c1-7-13-19-26-34-54-44-55(35-27-20-14-8-2)48-63(47-54)66(62-43-42-61(53-62)60-40-32-25-33-41-60,64-49-56(36-28-21-15-9-3)45-57(50-64)37-29-22-16-10-4)65-51-58(38-30-23-17-11-5)46-59(52-65)39-31-24-18-12-6;;;;/h25,32-33,40-53H,7-24,26-31,34-39H2,1-6H3;3*1H;/q;;;;+3/p-3. The minimum Gasteiger partial charge on any atom is -1.00 e. The molecule has 0 fully saturated rings. The van der Waals surface area contributed by atoms with Crippen LogP contribution in [0.1, 0.15) is 235 Å². The van der Waals surface area contributed by atoms with E-state index >= 15 is 0 Å². The van der Waals surface area contributed by atoms with Crippen LogP contribution in [0.25, 0.3) is 5.57 Å². The van der Waals surface area contributed by atoms with Crippen molar-refractivity contribution in [2.24, 2.45) is 0 Å². The second-order valence-electron chi connectivity index (χ2n) is 20.9. The van der Waals surface area contributed by atoms with E-state index in [1.807, 2.05) is 0 Å². The first kappa shape index (κ1) is 64.3. The van der Waals surface area contributed by atoms with Gasteiger partial charge in [-0.05, 0) is 0 Å². The number of hydrogen-bond donors (Lipinski definition) is 0. The molecule has 5 rings (SSSR count). The molecule has 0 radical (unpaired) electrons. The Morgan fingerprint density at radius 3 is 0.886 bits per heavy atom. The Morgan fingerprint density at radius 2 is 0.629 bits per heavy atom. The van der Waals surface area contributed by atoms with Gasteiger partial charge >= 0.3 is 429 Å². The SMILES string of the molecule is CCCCCCc1cc(CCCCCC)cc([Si](c2cc(CCCCCC)cc(CCCCCC)c2)(c2cc(CCCCCC)cc(CCCCCC)c2)[C]2([Ti+3])C=CC(c3ccccc3)=C2)c1.[Cl-].[Cl-].[Cl-]. The van der Waals surface area contributed by atoms with Gasteiger partial charge in [-0.25, -0.2) is 0 Å². The van der Waals surface area contributed by atoms with Gasteiger partial charge in [-0.3, -0.25) is 0 Å². The van der Waals surface area contributed by atoms with E-state index in [1.165, 1.54) is 204 Å². The molecule has 0 saturated heterocycles. The molecule has 0 aliphatic heterocycles. The fraction of sp³-hybridized carbons (Fsp3) is 0.569. The maximum atomic E-state index is 2.80. The van der Waals surface area contributed by atoms with Gasteiger partial charge in [-0.1, -0.05) is 0 Å². The molecule has 0 saturated carbocycles. The van der Waals surface area contributed by atoms with Crippen LogP contribution in [0.4, 0.5) is 0 Å².